The van der Waals surface area contributed by atoms with Crippen molar-refractivity contribution < 1.29 is 0 Å². The van der Waals surface area contributed by atoms with E-state index in [0.29, 0.717) is 0 Å². The van der Waals surface area contributed by atoms with Gasteiger partial charge in [0.25, 0.3) is 0 Å². The van der Waals surface area contributed by atoms with Crippen LogP contribution >= 0.6 is 0 Å². The average molecular weight is 222 g/mol. The summed E-state index contributed by atoms with van der Waals surface area (Å²) in [5.41, 5.74) is 4.20. The molecular weight excluding hydrogens is 212 g/mol. The number of amidine groups is 1. The van der Waals surface area contributed by atoms with Gasteiger partial charge in [-0.15, -0.1) is 0 Å². The van der Waals surface area contributed by atoms with E-state index in [-0.39, 0.29) is 0 Å². The minimum absolute atomic E-state index is 0.924. The Bertz CT molecular complexity index is 713. The Hall–Kier alpha value is -2.36. The summed E-state index contributed by atoms with van der Waals surface area (Å²) in [6, 6.07) is 8.19. The van der Waals surface area contributed by atoms with E-state index in [0.717, 1.165) is 39.4 Å². The van der Waals surface area contributed by atoms with E-state index in [4.69, 9.17) is 0 Å². The van der Waals surface area contributed by atoms with E-state index < -0.39 is 0 Å². The predicted octanol–water partition coefficient (Wildman–Crippen LogP) is 3.40. The van der Waals surface area contributed by atoms with Gasteiger partial charge in [-0.1, -0.05) is 0 Å². The first kappa shape index (κ1) is 8.75. The highest BCUT2D eigenvalue weighted by Gasteiger charge is 2.18. The third kappa shape index (κ3) is 1.07. The molecule has 0 fully saturated rings. The van der Waals surface area contributed by atoms with Crippen LogP contribution in [-0.2, 0) is 0 Å². The molecule has 0 saturated carbocycles. The van der Waals surface area contributed by atoms with Crippen LogP contribution in [0.25, 0.3) is 10.8 Å². The third-order valence-electron chi connectivity index (χ3n) is 3.14. The highest BCUT2D eigenvalue weighted by Crippen LogP contribution is 2.44. The fraction of sp³-hybridized carbons (Fsp3) is 0.0769. The molecular formula is C13H10N4. The molecule has 0 atom stereocenters. The Morgan fingerprint density at radius 2 is 1.71 bits per heavy atom. The summed E-state index contributed by atoms with van der Waals surface area (Å²) in [6.07, 6.45) is 1.73. The first-order valence-electron chi connectivity index (χ1n) is 5.54. The van der Waals surface area contributed by atoms with Crippen LogP contribution < -0.4 is 10.6 Å². The van der Waals surface area contributed by atoms with Crippen molar-refractivity contribution in [3.8, 4) is 0 Å². The van der Waals surface area contributed by atoms with Gasteiger partial charge in [-0.2, -0.15) is 0 Å². The molecule has 0 aliphatic carbocycles. The molecule has 0 bridgehead atoms. The van der Waals surface area contributed by atoms with Crippen LogP contribution in [0, 0.1) is 0 Å². The first-order chi connectivity index (χ1) is 8.33. The molecule has 2 aromatic carbocycles. The molecule has 2 aliphatic heterocycles. The normalized spacial score (nSPS) is 15.2. The molecule has 82 valence electrons. The van der Waals surface area contributed by atoms with Gasteiger partial charge in [0.1, 0.15) is 5.84 Å². The molecule has 2 N–H and O–H groups in total. The van der Waals surface area contributed by atoms with Crippen molar-refractivity contribution in [2.24, 2.45) is 9.98 Å². The molecule has 4 nitrogen and oxygen atoms in total. The maximum Gasteiger partial charge on any atom is 0.103 e. The lowest BCUT2D eigenvalue weighted by Crippen LogP contribution is -2.11. The Balaban J connectivity index is 2.24. The maximum atomic E-state index is 4.53. The molecule has 2 aromatic rings. The Kier molecular flexibility index (Phi) is 1.47. The highest BCUT2D eigenvalue weighted by atomic mass is 15.0. The number of nitrogens with zero attached hydrogens (tertiary/aromatic N) is 2. The minimum Gasteiger partial charge on any atom is -0.346 e. The van der Waals surface area contributed by atoms with Gasteiger partial charge < -0.3 is 10.6 Å². The summed E-state index contributed by atoms with van der Waals surface area (Å²) in [5, 5.41) is 8.76. The molecule has 0 aromatic heterocycles. The van der Waals surface area contributed by atoms with Crippen molar-refractivity contribution in [1.29, 1.82) is 0 Å². The zero-order valence-corrected chi connectivity index (χ0v) is 9.28. The van der Waals surface area contributed by atoms with Gasteiger partial charge in [0.05, 0.1) is 17.7 Å². The number of rotatable bonds is 0. The number of hydrogen-bond acceptors (Lipinski definition) is 4. The molecule has 4 heteroatoms. The molecule has 4 rings (SSSR count). The zero-order chi connectivity index (χ0) is 11.4. The largest absolute Gasteiger partial charge is 0.346 e. The van der Waals surface area contributed by atoms with Crippen LogP contribution in [0.5, 0.6) is 0 Å². The van der Waals surface area contributed by atoms with E-state index >= 15 is 0 Å². The van der Waals surface area contributed by atoms with Crippen molar-refractivity contribution in [2.75, 3.05) is 10.6 Å². The molecule has 2 heterocycles. The fourth-order valence-corrected chi connectivity index (χ4v) is 2.46. The smallest absolute Gasteiger partial charge is 0.103 e. The number of nitrogens with one attached hydrogen (secondary N) is 2. The number of aliphatic imine (C=N–C) groups is 2. The molecule has 17 heavy (non-hydrogen) atoms. The van der Waals surface area contributed by atoms with Crippen LogP contribution in [-0.4, -0.2) is 12.2 Å². The lowest BCUT2D eigenvalue weighted by atomic mass is 10.0. The van der Waals surface area contributed by atoms with Crippen LogP contribution in [0.4, 0.5) is 22.7 Å². The SMILES string of the molecule is CC1=Nc2ccc3c4c(ccc(c24)N1)N=CN3. The van der Waals surface area contributed by atoms with Gasteiger partial charge in [0, 0.05) is 22.1 Å². The van der Waals surface area contributed by atoms with Crippen LogP contribution in [0.3, 0.4) is 0 Å². The summed E-state index contributed by atoms with van der Waals surface area (Å²) < 4.78 is 0. The van der Waals surface area contributed by atoms with Crippen LogP contribution in [0.2, 0.25) is 0 Å². The van der Waals surface area contributed by atoms with Crippen molar-refractivity contribution in [2.45, 2.75) is 6.92 Å². The molecule has 0 amide bonds. The summed E-state index contributed by atoms with van der Waals surface area (Å²) in [6.45, 7) is 1.97. The third-order valence-corrected chi connectivity index (χ3v) is 3.14. The second-order valence-corrected chi connectivity index (χ2v) is 4.24. The molecule has 0 radical (unpaired) electrons. The lowest BCUT2D eigenvalue weighted by Gasteiger charge is -2.21. The van der Waals surface area contributed by atoms with E-state index in [1.54, 1.807) is 6.34 Å². The monoisotopic (exact) mass is 222 g/mol. The van der Waals surface area contributed by atoms with Crippen molar-refractivity contribution in [1.82, 2.24) is 0 Å². The lowest BCUT2D eigenvalue weighted by molar-refractivity contribution is 1.44. The maximum absolute atomic E-state index is 4.53. The summed E-state index contributed by atoms with van der Waals surface area (Å²) in [7, 11) is 0. The first-order valence-corrected chi connectivity index (χ1v) is 5.54. The van der Waals surface area contributed by atoms with Gasteiger partial charge in [0.2, 0.25) is 0 Å². The van der Waals surface area contributed by atoms with E-state index in [9.17, 15) is 0 Å². The summed E-state index contributed by atoms with van der Waals surface area (Å²) >= 11 is 0. The molecule has 0 spiro atoms. The quantitative estimate of drug-likeness (QED) is 0.717. The summed E-state index contributed by atoms with van der Waals surface area (Å²) in [4.78, 5) is 8.89. The fourth-order valence-electron chi connectivity index (χ4n) is 2.46. The molecule has 2 aliphatic rings. The van der Waals surface area contributed by atoms with Crippen LogP contribution in [0.15, 0.2) is 34.3 Å². The topological polar surface area (TPSA) is 48.8 Å². The van der Waals surface area contributed by atoms with E-state index in [2.05, 4.69) is 32.8 Å². The van der Waals surface area contributed by atoms with Crippen molar-refractivity contribution >= 4 is 45.7 Å². The standard InChI is InChI=1S/C13H10N4/c1-7-16-10-4-2-8-12-9(15-6-14-8)3-5-11(17-7)13(10)12/h2-6H,1H3,(H,14,15)(H,16,17). The zero-order valence-electron chi connectivity index (χ0n) is 9.28. The van der Waals surface area contributed by atoms with E-state index in [1.807, 2.05) is 19.1 Å². The predicted molar refractivity (Wildman–Crippen MR) is 72.1 cm³/mol. The second kappa shape index (κ2) is 2.85. The van der Waals surface area contributed by atoms with Gasteiger partial charge >= 0.3 is 0 Å². The second-order valence-electron chi connectivity index (χ2n) is 4.24. The molecule has 0 unspecified atom stereocenters. The van der Waals surface area contributed by atoms with Gasteiger partial charge in [0.15, 0.2) is 0 Å². The minimum atomic E-state index is 0.924. The van der Waals surface area contributed by atoms with Gasteiger partial charge in [-0.3, -0.25) is 0 Å². The summed E-state index contributed by atoms with van der Waals surface area (Å²) in [5.74, 6) is 0.924. The molecule has 0 saturated heterocycles. The van der Waals surface area contributed by atoms with E-state index in [1.165, 1.54) is 0 Å². The average Bonchev–Trinajstić information content (AvgIpc) is 2.35. The van der Waals surface area contributed by atoms with Gasteiger partial charge in [-0.25, -0.2) is 9.98 Å². The van der Waals surface area contributed by atoms with Crippen molar-refractivity contribution in [3.05, 3.63) is 24.3 Å². The number of benzene rings is 2. The Morgan fingerprint density at radius 3 is 2.65 bits per heavy atom. The number of anilines is 2. The van der Waals surface area contributed by atoms with Gasteiger partial charge in [-0.05, 0) is 31.2 Å². The Labute approximate surface area is 98.1 Å². The van der Waals surface area contributed by atoms with Crippen LogP contribution in [0.1, 0.15) is 6.92 Å². The number of hydrogen-bond donors (Lipinski definition) is 2. The Morgan fingerprint density at radius 1 is 0.941 bits per heavy atom. The highest BCUT2D eigenvalue weighted by molar-refractivity contribution is 6.21. The van der Waals surface area contributed by atoms with Crippen molar-refractivity contribution in [3.63, 3.8) is 0 Å².